The molecule has 3 N–H and O–H groups in total. The van der Waals surface area contributed by atoms with Crippen LogP contribution in [0, 0.1) is 21.4 Å². The zero-order chi connectivity index (χ0) is 15.4. The number of amides is 1. The molecule has 1 amide bonds. The van der Waals surface area contributed by atoms with E-state index in [1.165, 1.54) is 23.5 Å². The third kappa shape index (κ3) is 3.19. The number of nitriles is 1. The maximum atomic E-state index is 12.0. The van der Waals surface area contributed by atoms with Crippen LogP contribution in [0.2, 0.25) is 0 Å². The van der Waals surface area contributed by atoms with E-state index in [1.807, 2.05) is 6.07 Å². The molecule has 0 bridgehead atoms. The summed E-state index contributed by atoms with van der Waals surface area (Å²) >= 11 is 1.25. The van der Waals surface area contributed by atoms with Gasteiger partial charge < -0.3 is 11.1 Å². The van der Waals surface area contributed by atoms with Gasteiger partial charge in [-0.05, 0) is 6.07 Å². The highest BCUT2D eigenvalue weighted by molar-refractivity contribution is 7.09. The van der Waals surface area contributed by atoms with Gasteiger partial charge >= 0.3 is 0 Å². The first-order valence-electron chi connectivity index (χ1n) is 5.69. The minimum Gasteiger partial charge on any atom is -0.325 e. The fraction of sp³-hybridized carbons (Fsp3) is 0.0833. The van der Waals surface area contributed by atoms with Crippen LogP contribution in [-0.4, -0.2) is 15.8 Å². The second kappa shape index (κ2) is 6.08. The highest BCUT2D eigenvalue weighted by Crippen LogP contribution is 2.22. The second-order valence-corrected chi connectivity index (χ2v) is 4.83. The van der Waals surface area contributed by atoms with E-state index in [4.69, 9.17) is 11.0 Å². The van der Waals surface area contributed by atoms with Crippen LogP contribution >= 0.6 is 11.3 Å². The van der Waals surface area contributed by atoms with Crippen molar-refractivity contribution in [1.29, 1.82) is 5.26 Å². The molecule has 2 rings (SSSR count). The number of carbonyl (C=O) groups excluding carboxylic acids is 1. The Morgan fingerprint density at radius 1 is 1.57 bits per heavy atom. The molecule has 0 aliphatic carbocycles. The van der Waals surface area contributed by atoms with Gasteiger partial charge in [-0.2, -0.15) is 5.26 Å². The topological polar surface area (TPSA) is 135 Å². The molecule has 1 heterocycles. The lowest BCUT2D eigenvalue weighted by atomic mass is 10.1. The first-order chi connectivity index (χ1) is 10.0. The fourth-order valence-corrected chi connectivity index (χ4v) is 2.20. The van der Waals surface area contributed by atoms with E-state index in [0.29, 0.717) is 5.01 Å². The number of hydrogen-bond donors (Lipinski definition) is 2. The van der Waals surface area contributed by atoms with Gasteiger partial charge in [-0.15, -0.1) is 11.3 Å². The Morgan fingerprint density at radius 3 is 2.90 bits per heavy atom. The Labute approximate surface area is 123 Å². The summed E-state index contributed by atoms with van der Waals surface area (Å²) in [6, 6.07) is 5.43. The number of hydrogen-bond acceptors (Lipinski definition) is 7. The van der Waals surface area contributed by atoms with Gasteiger partial charge in [-0.25, -0.2) is 4.98 Å². The number of nitrogens with one attached hydrogen (secondary N) is 1. The minimum atomic E-state index is -0.611. The molecule has 21 heavy (non-hydrogen) atoms. The predicted octanol–water partition coefficient (Wildman–Crippen LogP) is 1.63. The quantitative estimate of drug-likeness (QED) is 0.651. The number of thiazole rings is 1. The Balaban J connectivity index is 2.25. The largest absolute Gasteiger partial charge is 0.325 e. The number of aromatic nitrogens is 1. The normalized spacial score (nSPS) is 9.90. The van der Waals surface area contributed by atoms with Crippen molar-refractivity contribution in [2.45, 2.75) is 6.54 Å². The van der Waals surface area contributed by atoms with Gasteiger partial charge in [0.15, 0.2) is 0 Å². The molecule has 0 spiro atoms. The maximum Gasteiger partial charge on any atom is 0.275 e. The summed E-state index contributed by atoms with van der Waals surface area (Å²) in [4.78, 5) is 26.0. The Morgan fingerprint density at radius 2 is 2.33 bits per heavy atom. The van der Waals surface area contributed by atoms with Crippen LogP contribution < -0.4 is 11.1 Å². The summed E-state index contributed by atoms with van der Waals surface area (Å²) in [7, 11) is 0. The molecule has 0 aliphatic heterocycles. The molecule has 0 saturated carbocycles. The van der Waals surface area contributed by atoms with Crippen LogP contribution in [0.3, 0.4) is 0 Å². The fourth-order valence-electron chi connectivity index (χ4n) is 1.54. The van der Waals surface area contributed by atoms with Gasteiger partial charge in [0.25, 0.3) is 11.6 Å². The second-order valence-electron chi connectivity index (χ2n) is 3.88. The molecule has 2 aromatic rings. The molecule has 0 atom stereocenters. The van der Waals surface area contributed by atoms with Gasteiger partial charge in [0.1, 0.15) is 16.8 Å². The lowest BCUT2D eigenvalue weighted by Crippen LogP contribution is -2.13. The van der Waals surface area contributed by atoms with Crippen molar-refractivity contribution < 1.29 is 9.72 Å². The summed E-state index contributed by atoms with van der Waals surface area (Å²) in [5.41, 5.74) is 5.58. The third-order valence-electron chi connectivity index (χ3n) is 2.54. The van der Waals surface area contributed by atoms with Crippen LogP contribution in [0.1, 0.15) is 21.1 Å². The molecule has 8 nitrogen and oxygen atoms in total. The summed E-state index contributed by atoms with van der Waals surface area (Å²) in [6.45, 7) is 0.235. The Bertz CT molecular complexity index is 750. The van der Waals surface area contributed by atoms with E-state index < -0.39 is 10.8 Å². The first kappa shape index (κ1) is 14.6. The molecule has 106 valence electrons. The maximum absolute atomic E-state index is 12.0. The van der Waals surface area contributed by atoms with Gasteiger partial charge in [0.2, 0.25) is 0 Å². The number of nitro benzene ring substituents is 1. The van der Waals surface area contributed by atoms with Crippen LogP contribution in [0.4, 0.5) is 11.4 Å². The number of nitro groups is 1. The van der Waals surface area contributed by atoms with E-state index in [2.05, 4.69) is 10.3 Å². The molecule has 1 aromatic carbocycles. The van der Waals surface area contributed by atoms with Crippen molar-refractivity contribution in [3.8, 4) is 6.07 Å². The number of nitrogens with two attached hydrogens (primary N) is 1. The summed E-state index contributed by atoms with van der Waals surface area (Å²) < 4.78 is 0. The van der Waals surface area contributed by atoms with E-state index in [1.54, 1.807) is 5.38 Å². The first-order valence-corrected chi connectivity index (χ1v) is 6.57. The van der Waals surface area contributed by atoms with E-state index in [9.17, 15) is 14.9 Å². The number of nitrogens with zero attached hydrogens (tertiary/aromatic N) is 3. The predicted molar refractivity (Wildman–Crippen MR) is 75.8 cm³/mol. The van der Waals surface area contributed by atoms with Crippen molar-refractivity contribution in [3.05, 3.63) is 50.0 Å². The van der Waals surface area contributed by atoms with Crippen molar-refractivity contribution in [3.63, 3.8) is 0 Å². The lowest BCUT2D eigenvalue weighted by Gasteiger charge is -2.05. The van der Waals surface area contributed by atoms with Gasteiger partial charge in [0, 0.05) is 24.1 Å². The average Bonchev–Trinajstić information content (AvgIpc) is 2.96. The van der Waals surface area contributed by atoms with E-state index in [0.717, 1.165) is 6.07 Å². The van der Waals surface area contributed by atoms with Gasteiger partial charge in [-0.1, -0.05) is 0 Å². The molecule has 9 heteroatoms. The standard InChI is InChI=1S/C12H9N5O3S/c13-4-7-3-8(17(19)20)1-2-9(7)16-12(18)10-6-21-11(5-14)15-10/h1-3,6H,5,14H2,(H,16,18). The molecule has 0 unspecified atom stereocenters. The van der Waals surface area contributed by atoms with Crippen LogP contribution in [0.25, 0.3) is 0 Å². The number of benzene rings is 1. The van der Waals surface area contributed by atoms with Crippen molar-refractivity contribution >= 4 is 28.6 Å². The summed E-state index contributed by atoms with van der Waals surface area (Å²) in [6.07, 6.45) is 0. The number of anilines is 1. The zero-order valence-electron chi connectivity index (χ0n) is 10.6. The Hall–Kier alpha value is -2.83. The molecule has 0 radical (unpaired) electrons. The highest BCUT2D eigenvalue weighted by atomic mass is 32.1. The van der Waals surface area contributed by atoms with Gasteiger partial charge in [-0.3, -0.25) is 14.9 Å². The van der Waals surface area contributed by atoms with Crippen molar-refractivity contribution in [2.75, 3.05) is 5.32 Å². The monoisotopic (exact) mass is 303 g/mol. The molecular formula is C12H9N5O3S. The molecule has 0 fully saturated rings. The third-order valence-corrected chi connectivity index (χ3v) is 3.41. The summed E-state index contributed by atoms with van der Waals surface area (Å²) in [5, 5.41) is 24.3. The van der Waals surface area contributed by atoms with E-state index in [-0.39, 0.29) is 29.2 Å². The zero-order valence-corrected chi connectivity index (χ0v) is 11.4. The SMILES string of the molecule is N#Cc1cc([N+](=O)[O-])ccc1NC(=O)c1csc(CN)n1. The molecular weight excluding hydrogens is 294 g/mol. The Kier molecular flexibility index (Phi) is 4.22. The molecule has 1 aromatic heterocycles. The van der Waals surface area contributed by atoms with Gasteiger partial charge in [0.05, 0.1) is 16.2 Å². The lowest BCUT2D eigenvalue weighted by molar-refractivity contribution is -0.384. The summed E-state index contributed by atoms with van der Waals surface area (Å²) in [5.74, 6) is -0.503. The van der Waals surface area contributed by atoms with Crippen LogP contribution in [0.5, 0.6) is 0 Å². The smallest absolute Gasteiger partial charge is 0.275 e. The average molecular weight is 303 g/mol. The number of carbonyl (C=O) groups is 1. The van der Waals surface area contributed by atoms with Crippen LogP contribution in [0.15, 0.2) is 23.6 Å². The molecule has 0 saturated heterocycles. The van der Waals surface area contributed by atoms with Crippen molar-refractivity contribution in [1.82, 2.24) is 4.98 Å². The highest BCUT2D eigenvalue weighted by Gasteiger charge is 2.15. The number of non-ortho nitro benzene ring substituents is 1. The van der Waals surface area contributed by atoms with Crippen LogP contribution in [-0.2, 0) is 6.54 Å². The van der Waals surface area contributed by atoms with E-state index >= 15 is 0 Å². The minimum absolute atomic E-state index is 0.00632. The molecule has 0 aliphatic rings. The van der Waals surface area contributed by atoms with Crippen molar-refractivity contribution in [2.24, 2.45) is 5.73 Å². The number of rotatable bonds is 4.